The molecule has 67 heavy (non-hydrogen) atoms. The molecule has 2 nitrogen and oxygen atoms in total. The zero-order valence-electron chi connectivity index (χ0n) is 37.6. The van der Waals surface area contributed by atoms with E-state index < -0.39 is 0 Å². The third-order valence-corrected chi connectivity index (χ3v) is 13.8. The van der Waals surface area contributed by atoms with Gasteiger partial charge in [0.25, 0.3) is 0 Å². The maximum absolute atomic E-state index is 2.42. The standard InChI is InChI=1S/C65H48N2/c1-65(2)61-24-14-13-23-59(61)60-41-40-57(44-62(60)65)66(53-20-7-4-8-21-53)54-35-29-48(30-36-54)46-25-27-47(28-26-46)49-31-37-55(38-32-49)67(56-39-33-45-15-9-10-19-52(45)43-56)63-42-34-50-16-11-12-22-58(50)64(63)51-17-5-3-6-18-51/h3-44H,1-2H3. The third kappa shape index (κ3) is 7.15. The molecule has 2 heteroatoms. The lowest BCUT2D eigenvalue weighted by atomic mass is 9.82. The van der Waals surface area contributed by atoms with Gasteiger partial charge in [0, 0.05) is 39.4 Å². The van der Waals surface area contributed by atoms with Gasteiger partial charge < -0.3 is 9.80 Å². The Hall–Kier alpha value is -8.46. The second-order valence-corrected chi connectivity index (χ2v) is 18.2. The minimum atomic E-state index is -0.0783. The number of fused-ring (bicyclic) bond motifs is 5. The van der Waals surface area contributed by atoms with Crippen molar-refractivity contribution in [3.05, 3.63) is 266 Å². The number of para-hydroxylation sites is 1. The predicted molar refractivity (Wildman–Crippen MR) is 285 cm³/mol. The van der Waals surface area contributed by atoms with E-state index in [4.69, 9.17) is 0 Å². The van der Waals surface area contributed by atoms with Gasteiger partial charge in [0.1, 0.15) is 0 Å². The molecule has 0 aromatic heterocycles. The summed E-state index contributed by atoms with van der Waals surface area (Å²) < 4.78 is 0. The minimum absolute atomic E-state index is 0.0783. The van der Waals surface area contributed by atoms with E-state index in [1.165, 1.54) is 77.2 Å². The van der Waals surface area contributed by atoms with E-state index in [0.29, 0.717) is 0 Å². The Bertz CT molecular complexity index is 3570. The van der Waals surface area contributed by atoms with E-state index >= 15 is 0 Å². The van der Waals surface area contributed by atoms with Gasteiger partial charge in [0.05, 0.1) is 5.69 Å². The summed E-state index contributed by atoms with van der Waals surface area (Å²) in [6.45, 7) is 4.69. The first-order chi connectivity index (χ1) is 33.0. The maximum Gasteiger partial charge on any atom is 0.0546 e. The smallest absolute Gasteiger partial charge is 0.0546 e. The van der Waals surface area contributed by atoms with E-state index in [-0.39, 0.29) is 5.41 Å². The second-order valence-electron chi connectivity index (χ2n) is 18.2. The van der Waals surface area contributed by atoms with Gasteiger partial charge >= 0.3 is 0 Å². The van der Waals surface area contributed by atoms with Crippen molar-refractivity contribution in [2.45, 2.75) is 19.3 Å². The molecule has 0 bridgehead atoms. The fourth-order valence-corrected chi connectivity index (χ4v) is 10.4. The van der Waals surface area contributed by atoms with Gasteiger partial charge in [-0.25, -0.2) is 0 Å². The van der Waals surface area contributed by atoms with Crippen molar-refractivity contribution in [3.8, 4) is 44.5 Å². The molecule has 0 fully saturated rings. The molecule has 11 aromatic rings. The SMILES string of the molecule is CC1(C)c2ccccc2-c2ccc(N(c3ccccc3)c3ccc(-c4ccc(-c5ccc(N(c6ccc7ccccc7c6)c6ccc7ccccc7c6-c6ccccc6)cc5)cc4)cc3)cc21. The van der Waals surface area contributed by atoms with Gasteiger partial charge in [-0.1, -0.05) is 202 Å². The molecule has 0 amide bonds. The van der Waals surface area contributed by atoms with Crippen molar-refractivity contribution in [1.29, 1.82) is 0 Å². The summed E-state index contributed by atoms with van der Waals surface area (Å²) in [5, 5.41) is 4.88. The van der Waals surface area contributed by atoms with E-state index in [2.05, 4.69) is 278 Å². The largest absolute Gasteiger partial charge is 0.310 e. The summed E-state index contributed by atoms with van der Waals surface area (Å²) >= 11 is 0. The van der Waals surface area contributed by atoms with Crippen LogP contribution in [0.1, 0.15) is 25.0 Å². The molecule has 0 saturated heterocycles. The first-order valence-corrected chi connectivity index (χ1v) is 23.2. The molecule has 0 spiro atoms. The first-order valence-electron chi connectivity index (χ1n) is 23.2. The van der Waals surface area contributed by atoms with Crippen LogP contribution >= 0.6 is 0 Å². The van der Waals surface area contributed by atoms with Gasteiger partial charge in [0.2, 0.25) is 0 Å². The molecule has 1 aliphatic rings. The molecule has 12 rings (SSSR count). The van der Waals surface area contributed by atoms with Gasteiger partial charge in [-0.05, 0) is 138 Å². The average Bonchev–Trinajstić information content (AvgIpc) is 3.62. The lowest BCUT2D eigenvalue weighted by molar-refractivity contribution is 0.660. The molecule has 11 aromatic carbocycles. The number of hydrogen-bond donors (Lipinski definition) is 0. The summed E-state index contributed by atoms with van der Waals surface area (Å²) in [5.74, 6) is 0. The first kappa shape index (κ1) is 40.1. The summed E-state index contributed by atoms with van der Waals surface area (Å²) in [7, 11) is 0. The zero-order chi connectivity index (χ0) is 44.9. The van der Waals surface area contributed by atoms with E-state index in [1.54, 1.807) is 0 Å². The van der Waals surface area contributed by atoms with Crippen LogP contribution in [0.25, 0.3) is 66.1 Å². The van der Waals surface area contributed by atoms with E-state index in [1.807, 2.05) is 0 Å². The highest BCUT2D eigenvalue weighted by Crippen LogP contribution is 2.51. The molecular formula is C65H48N2. The maximum atomic E-state index is 2.42. The van der Waals surface area contributed by atoms with Crippen LogP contribution in [0, 0.1) is 0 Å². The van der Waals surface area contributed by atoms with Crippen LogP contribution in [0.3, 0.4) is 0 Å². The van der Waals surface area contributed by atoms with Crippen LogP contribution in [-0.2, 0) is 5.41 Å². The van der Waals surface area contributed by atoms with Gasteiger partial charge in [0.15, 0.2) is 0 Å². The van der Waals surface area contributed by atoms with Crippen LogP contribution in [0.15, 0.2) is 255 Å². The molecule has 0 heterocycles. The molecule has 0 atom stereocenters. The zero-order valence-corrected chi connectivity index (χ0v) is 37.6. The number of benzene rings is 11. The molecular weight excluding hydrogens is 809 g/mol. The molecule has 0 aliphatic heterocycles. The van der Waals surface area contributed by atoms with E-state index in [0.717, 1.165) is 34.1 Å². The Morgan fingerprint density at radius 1 is 0.284 bits per heavy atom. The van der Waals surface area contributed by atoms with Crippen molar-refractivity contribution in [2.75, 3.05) is 9.80 Å². The predicted octanol–water partition coefficient (Wildman–Crippen LogP) is 18.2. The van der Waals surface area contributed by atoms with Crippen molar-refractivity contribution >= 4 is 55.7 Å². The Morgan fingerprint density at radius 3 is 1.43 bits per heavy atom. The summed E-state index contributed by atoms with van der Waals surface area (Å²) in [6.07, 6.45) is 0. The van der Waals surface area contributed by atoms with E-state index in [9.17, 15) is 0 Å². The number of rotatable bonds is 9. The Labute approximate surface area is 393 Å². The summed E-state index contributed by atoms with van der Waals surface area (Å²) in [5.41, 5.74) is 19.2. The Kier molecular flexibility index (Phi) is 9.88. The monoisotopic (exact) mass is 856 g/mol. The molecule has 318 valence electrons. The van der Waals surface area contributed by atoms with Gasteiger partial charge in [-0.2, -0.15) is 0 Å². The van der Waals surface area contributed by atoms with Gasteiger partial charge in [-0.3, -0.25) is 0 Å². The summed E-state index contributed by atoms with van der Waals surface area (Å²) in [6, 6.07) is 93.0. The second kappa shape index (κ2) is 16.5. The molecule has 1 aliphatic carbocycles. The molecule has 0 saturated carbocycles. The van der Waals surface area contributed by atoms with Crippen molar-refractivity contribution in [2.24, 2.45) is 0 Å². The number of hydrogen-bond acceptors (Lipinski definition) is 2. The Balaban J connectivity index is 0.861. The molecule has 0 N–H and O–H groups in total. The van der Waals surface area contributed by atoms with Crippen LogP contribution in [0.2, 0.25) is 0 Å². The molecule has 0 radical (unpaired) electrons. The number of nitrogens with zero attached hydrogens (tertiary/aromatic N) is 2. The van der Waals surface area contributed by atoms with Crippen LogP contribution in [0.5, 0.6) is 0 Å². The normalized spacial score (nSPS) is 12.4. The average molecular weight is 857 g/mol. The van der Waals surface area contributed by atoms with Crippen LogP contribution in [-0.4, -0.2) is 0 Å². The topological polar surface area (TPSA) is 6.48 Å². The van der Waals surface area contributed by atoms with Crippen molar-refractivity contribution in [1.82, 2.24) is 0 Å². The Morgan fingerprint density at radius 2 is 0.746 bits per heavy atom. The minimum Gasteiger partial charge on any atom is -0.310 e. The van der Waals surface area contributed by atoms with Crippen molar-refractivity contribution < 1.29 is 0 Å². The summed E-state index contributed by atoms with van der Waals surface area (Å²) in [4.78, 5) is 4.79. The highest BCUT2D eigenvalue weighted by atomic mass is 15.1. The van der Waals surface area contributed by atoms with Gasteiger partial charge in [-0.15, -0.1) is 0 Å². The highest BCUT2D eigenvalue weighted by Gasteiger charge is 2.35. The van der Waals surface area contributed by atoms with Crippen LogP contribution < -0.4 is 9.80 Å². The lowest BCUT2D eigenvalue weighted by Crippen LogP contribution is -2.16. The third-order valence-electron chi connectivity index (χ3n) is 13.8. The van der Waals surface area contributed by atoms with Crippen molar-refractivity contribution in [3.63, 3.8) is 0 Å². The number of anilines is 6. The molecule has 0 unspecified atom stereocenters. The highest BCUT2D eigenvalue weighted by molar-refractivity contribution is 6.06. The fraction of sp³-hybridized carbons (Fsp3) is 0.0462. The van der Waals surface area contributed by atoms with Crippen LogP contribution in [0.4, 0.5) is 34.1 Å². The fourth-order valence-electron chi connectivity index (χ4n) is 10.4. The lowest BCUT2D eigenvalue weighted by Gasteiger charge is -2.29. The quantitative estimate of drug-likeness (QED) is 0.143.